The number of carbonyl (C=O) groups excluding carboxylic acids is 1. The molecule has 0 fully saturated rings. The van der Waals surface area contributed by atoms with Gasteiger partial charge in [0.2, 0.25) is 0 Å². The normalized spacial score (nSPS) is 10.7. The van der Waals surface area contributed by atoms with E-state index in [0.29, 0.717) is 21.6 Å². The maximum absolute atomic E-state index is 12.0. The molecule has 5 heteroatoms. The Bertz CT molecular complexity index is 566. The number of hydrogen-bond donors (Lipinski definition) is 1. The largest absolute Gasteiger partial charge is 0.298 e. The van der Waals surface area contributed by atoms with Crippen LogP contribution in [0.25, 0.3) is 0 Å². The number of carbonyl (C=O) groups is 1. The van der Waals surface area contributed by atoms with Crippen molar-refractivity contribution < 1.29 is 4.79 Å². The number of nitrogens with zero attached hydrogens (tertiary/aromatic N) is 1. The van der Waals surface area contributed by atoms with Crippen molar-refractivity contribution in [2.75, 3.05) is 5.32 Å². The lowest BCUT2D eigenvalue weighted by Crippen LogP contribution is -2.11. The molecule has 0 aliphatic heterocycles. The van der Waals surface area contributed by atoms with Gasteiger partial charge in [-0.2, -0.15) is 0 Å². The fraction of sp³-hybridized carbons (Fsp3) is 0.231. The van der Waals surface area contributed by atoms with E-state index in [0.717, 1.165) is 4.88 Å². The highest BCUT2D eigenvalue weighted by Gasteiger charge is 2.12. The molecule has 0 unspecified atom stereocenters. The van der Waals surface area contributed by atoms with E-state index in [2.05, 4.69) is 24.1 Å². The molecule has 1 aromatic carbocycles. The summed E-state index contributed by atoms with van der Waals surface area (Å²) in [6.45, 7) is 4.18. The van der Waals surface area contributed by atoms with Crippen LogP contribution in [0.15, 0.2) is 30.5 Å². The van der Waals surface area contributed by atoms with Gasteiger partial charge in [-0.15, -0.1) is 11.3 Å². The summed E-state index contributed by atoms with van der Waals surface area (Å²) >= 11 is 7.45. The fourth-order valence-electron chi connectivity index (χ4n) is 1.42. The Morgan fingerprint density at radius 3 is 2.72 bits per heavy atom. The van der Waals surface area contributed by atoms with Crippen LogP contribution in [0.5, 0.6) is 0 Å². The van der Waals surface area contributed by atoms with Crippen molar-refractivity contribution in [3.05, 3.63) is 45.9 Å². The van der Waals surface area contributed by atoms with Crippen LogP contribution in [0.1, 0.15) is 35.0 Å². The van der Waals surface area contributed by atoms with E-state index in [9.17, 15) is 4.79 Å². The zero-order valence-electron chi connectivity index (χ0n) is 10.1. The molecule has 0 bridgehead atoms. The van der Waals surface area contributed by atoms with E-state index in [-0.39, 0.29) is 5.91 Å². The second-order valence-electron chi connectivity index (χ2n) is 4.16. The maximum Gasteiger partial charge on any atom is 0.258 e. The number of anilines is 1. The Labute approximate surface area is 115 Å². The summed E-state index contributed by atoms with van der Waals surface area (Å²) in [5, 5.41) is 3.80. The molecule has 94 valence electrons. The standard InChI is InChI=1S/C13H13ClN2OS/c1-8(2)11-7-15-13(18-11)16-12(17)9-5-3-4-6-10(9)14/h3-8H,1-2H3,(H,15,16,17). The Hall–Kier alpha value is -1.39. The van der Waals surface area contributed by atoms with Crippen molar-refractivity contribution in [1.29, 1.82) is 0 Å². The Morgan fingerprint density at radius 1 is 1.39 bits per heavy atom. The third-order valence-electron chi connectivity index (χ3n) is 2.43. The summed E-state index contributed by atoms with van der Waals surface area (Å²) in [4.78, 5) is 17.3. The van der Waals surface area contributed by atoms with Gasteiger partial charge in [0.05, 0.1) is 10.6 Å². The summed E-state index contributed by atoms with van der Waals surface area (Å²) in [5.41, 5.74) is 0.459. The zero-order valence-corrected chi connectivity index (χ0v) is 11.7. The molecule has 1 amide bonds. The van der Waals surface area contributed by atoms with Crippen LogP contribution >= 0.6 is 22.9 Å². The number of hydrogen-bond acceptors (Lipinski definition) is 3. The molecule has 3 nitrogen and oxygen atoms in total. The van der Waals surface area contributed by atoms with Crippen molar-refractivity contribution in [2.24, 2.45) is 0 Å². The first-order valence-electron chi connectivity index (χ1n) is 5.59. The molecule has 1 aromatic heterocycles. The van der Waals surface area contributed by atoms with Crippen LogP contribution in [0.3, 0.4) is 0 Å². The summed E-state index contributed by atoms with van der Waals surface area (Å²) in [7, 11) is 0. The summed E-state index contributed by atoms with van der Waals surface area (Å²) in [6.07, 6.45) is 1.79. The van der Waals surface area contributed by atoms with Gasteiger partial charge in [-0.25, -0.2) is 4.98 Å². The van der Waals surface area contributed by atoms with Crippen LogP contribution in [-0.2, 0) is 0 Å². The maximum atomic E-state index is 12.0. The number of amides is 1. The van der Waals surface area contributed by atoms with E-state index >= 15 is 0 Å². The molecule has 0 spiro atoms. The van der Waals surface area contributed by atoms with Gasteiger partial charge in [0, 0.05) is 11.1 Å². The molecular formula is C13H13ClN2OS. The van der Waals surface area contributed by atoms with Crippen molar-refractivity contribution in [3.8, 4) is 0 Å². The summed E-state index contributed by atoms with van der Waals surface area (Å²) in [5.74, 6) is 0.179. The molecule has 0 atom stereocenters. The first-order chi connectivity index (χ1) is 8.58. The molecule has 1 N–H and O–H groups in total. The first-order valence-corrected chi connectivity index (χ1v) is 6.79. The lowest BCUT2D eigenvalue weighted by Gasteiger charge is -2.03. The Morgan fingerprint density at radius 2 is 2.11 bits per heavy atom. The quantitative estimate of drug-likeness (QED) is 0.917. The molecule has 0 aliphatic rings. The number of rotatable bonds is 3. The highest BCUT2D eigenvalue weighted by molar-refractivity contribution is 7.15. The summed E-state index contributed by atoms with van der Waals surface area (Å²) < 4.78 is 0. The topological polar surface area (TPSA) is 42.0 Å². The van der Waals surface area contributed by atoms with Crippen LogP contribution in [0.4, 0.5) is 5.13 Å². The van der Waals surface area contributed by atoms with Gasteiger partial charge in [-0.1, -0.05) is 37.6 Å². The van der Waals surface area contributed by atoms with E-state index < -0.39 is 0 Å². The predicted molar refractivity (Wildman–Crippen MR) is 75.6 cm³/mol. The van der Waals surface area contributed by atoms with Gasteiger partial charge in [-0.3, -0.25) is 10.1 Å². The Balaban J connectivity index is 2.14. The second kappa shape index (κ2) is 5.50. The first kappa shape index (κ1) is 13.1. The number of thiazole rings is 1. The van der Waals surface area contributed by atoms with Crippen LogP contribution in [0.2, 0.25) is 5.02 Å². The van der Waals surface area contributed by atoms with Crippen LogP contribution in [0, 0.1) is 0 Å². The molecule has 0 saturated heterocycles. The average Bonchev–Trinajstić information content (AvgIpc) is 2.78. The van der Waals surface area contributed by atoms with Crippen LogP contribution < -0.4 is 5.32 Å². The van der Waals surface area contributed by atoms with Crippen molar-refractivity contribution in [1.82, 2.24) is 4.98 Å². The number of aromatic nitrogens is 1. The lowest BCUT2D eigenvalue weighted by molar-refractivity contribution is 0.102. The smallest absolute Gasteiger partial charge is 0.258 e. The van der Waals surface area contributed by atoms with Gasteiger partial charge in [0.15, 0.2) is 5.13 Å². The van der Waals surface area contributed by atoms with Crippen LogP contribution in [-0.4, -0.2) is 10.9 Å². The molecule has 0 saturated carbocycles. The second-order valence-corrected chi connectivity index (χ2v) is 5.63. The minimum atomic E-state index is -0.231. The number of halogens is 1. The third-order valence-corrected chi connectivity index (χ3v) is 3.97. The molecule has 2 aromatic rings. The van der Waals surface area contributed by atoms with Crippen molar-refractivity contribution in [2.45, 2.75) is 19.8 Å². The molecule has 1 heterocycles. The minimum Gasteiger partial charge on any atom is -0.298 e. The van der Waals surface area contributed by atoms with Gasteiger partial charge in [-0.05, 0) is 18.1 Å². The van der Waals surface area contributed by atoms with Gasteiger partial charge in [0.1, 0.15) is 0 Å². The fourth-order valence-corrected chi connectivity index (χ4v) is 2.46. The third kappa shape index (κ3) is 2.89. The molecular weight excluding hydrogens is 268 g/mol. The number of nitrogens with one attached hydrogen (secondary N) is 1. The van der Waals surface area contributed by atoms with Gasteiger partial charge >= 0.3 is 0 Å². The highest BCUT2D eigenvalue weighted by atomic mass is 35.5. The highest BCUT2D eigenvalue weighted by Crippen LogP contribution is 2.26. The average molecular weight is 281 g/mol. The van der Waals surface area contributed by atoms with Gasteiger partial charge in [0.25, 0.3) is 5.91 Å². The monoisotopic (exact) mass is 280 g/mol. The molecule has 0 aliphatic carbocycles. The van der Waals surface area contributed by atoms with Crippen molar-refractivity contribution >= 4 is 34.0 Å². The number of benzene rings is 1. The Kier molecular flexibility index (Phi) is 3.99. The molecule has 0 radical (unpaired) electrons. The lowest BCUT2D eigenvalue weighted by atomic mass is 10.2. The van der Waals surface area contributed by atoms with E-state index in [4.69, 9.17) is 11.6 Å². The van der Waals surface area contributed by atoms with Gasteiger partial charge < -0.3 is 0 Å². The zero-order chi connectivity index (χ0) is 13.1. The van der Waals surface area contributed by atoms with E-state index in [1.165, 1.54) is 11.3 Å². The predicted octanol–water partition coefficient (Wildman–Crippen LogP) is 4.17. The SMILES string of the molecule is CC(C)c1cnc(NC(=O)c2ccccc2Cl)s1. The van der Waals surface area contributed by atoms with E-state index in [1.54, 1.807) is 30.5 Å². The minimum absolute atomic E-state index is 0.231. The molecule has 2 rings (SSSR count). The van der Waals surface area contributed by atoms with E-state index in [1.807, 2.05) is 0 Å². The van der Waals surface area contributed by atoms with Crippen molar-refractivity contribution in [3.63, 3.8) is 0 Å². The molecule has 18 heavy (non-hydrogen) atoms. The summed E-state index contributed by atoms with van der Waals surface area (Å²) in [6, 6.07) is 6.95.